The number of halogens is 2. The van der Waals surface area contributed by atoms with E-state index in [9.17, 15) is 10.1 Å². The van der Waals surface area contributed by atoms with Crippen molar-refractivity contribution in [3.8, 4) is 11.1 Å². The fraction of sp³-hybridized carbons (Fsp3) is 0. The largest absolute Gasteiger partial charge is 0.269 e. The van der Waals surface area contributed by atoms with Gasteiger partial charge in [0.05, 0.1) is 4.92 Å². The van der Waals surface area contributed by atoms with Crippen LogP contribution in [-0.2, 0) is 0 Å². The van der Waals surface area contributed by atoms with E-state index in [0.29, 0.717) is 10.0 Å². The molecule has 86 valence electrons. The smallest absolute Gasteiger partial charge is 0.258 e. The predicted octanol–water partition coefficient (Wildman–Crippen LogP) is 4.57. The number of nitro groups is 1. The molecule has 3 nitrogen and oxygen atoms in total. The van der Waals surface area contributed by atoms with Gasteiger partial charge in [-0.2, -0.15) is 0 Å². The molecule has 0 saturated carbocycles. The van der Waals surface area contributed by atoms with Crippen molar-refractivity contribution in [2.24, 2.45) is 0 Å². The van der Waals surface area contributed by atoms with Crippen molar-refractivity contribution in [2.45, 2.75) is 0 Å². The fourth-order valence-electron chi connectivity index (χ4n) is 1.50. The minimum atomic E-state index is -0.436. The quantitative estimate of drug-likeness (QED) is 0.591. The van der Waals surface area contributed by atoms with E-state index in [1.54, 1.807) is 30.3 Å². The molecule has 0 bridgehead atoms. The maximum atomic E-state index is 10.5. The van der Waals surface area contributed by atoms with Gasteiger partial charge in [0.25, 0.3) is 5.69 Å². The van der Waals surface area contributed by atoms with Crippen molar-refractivity contribution >= 4 is 28.9 Å². The molecule has 0 fully saturated rings. The zero-order chi connectivity index (χ0) is 12.4. The molecule has 0 N–H and O–H groups in total. The summed E-state index contributed by atoms with van der Waals surface area (Å²) in [4.78, 5) is 10.1. The fourth-order valence-corrected chi connectivity index (χ4v) is 2.02. The minimum Gasteiger partial charge on any atom is -0.258 e. The summed E-state index contributed by atoms with van der Waals surface area (Å²) in [5.41, 5.74) is 1.72. The van der Waals surface area contributed by atoms with Crippen LogP contribution >= 0.6 is 23.2 Å². The zero-order valence-corrected chi connectivity index (χ0v) is 10.1. The van der Waals surface area contributed by atoms with E-state index in [2.05, 4.69) is 0 Å². The second kappa shape index (κ2) is 4.73. The summed E-state index contributed by atoms with van der Waals surface area (Å²) in [6, 6.07) is 11.4. The van der Waals surface area contributed by atoms with Crippen LogP contribution < -0.4 is 0 Å². The highest BCUT2D eigenvalue weighted by Gasteiger charge is 2.06. The van der Waals surface area contributed by atoms with Crippen LogP contribution in [0.1, 0.15) is 0 Å². The molecule has 2 aromatic rings. The molecule has 0 aliphatic heterocycles. The number of hydrogen-bond donors (Lipinski definition) is 0. The molecule has 0 radical (unpaired) electrons. The average Bonchev–Trinajstić information content (AvgIpc) is 2.28. The molecule has 0 unspecified atom stereocenters. The molecule has 0 saturated heterocycles. The lowest BCUT2D eigenvalue weighted by Gasteiger charge is -2.03. The van der Waals surface area contributed by atoms with E-state index < -0.39 is 4.92 Å². The highest BCUT2D eigenvalue weighted by Crippen LogP contribution is 2.28. The zero-order valence-electron chi connectivity index (χ0n) is 8.56. The Morgan fingerprint density at radius 2 is 1.41 bits per heavy atom. The minimum absolute atomic E-state index is 0.0573. The van der Waals surface area contributed by atoms with E-state index in [1.165, 1.54) is 12.1 Å². The van der Waals surface area contributed by atoms with Gasteiger partial charge in [0.2, 0.25) is 0 Å². The number of nitro benzene ring substituents is 1. The summed E-state index contributed by atoms with van der Waals surface area (Å²) in [7, 11) is 0. The normalized spacial score (nSPS) is 10.2. The van der Waals surface area contributed by atoms with Crippen molar-refractivity contribution in [1.82, 2.24) is 0 Å². The Labute approximate surface area is 108 Å². The molecule has 2 aromatic carbocycles. The highest BCUT2D eigenvalue weighted by atomic mass is 35.5. The second-order valence-corrected chi connectivity index (χ2v) is 4.33. The lowest BCUT2D eigenvalue weighted by atomic mass is 10.1. The van der Waals surface area contributed by atoms with Crippen molar-refractivity contribution in [2.75, 3.05) is 0 Å². The standard InChI is InChI=1S/C12H7Cl2NO2/c13-10-5-9(6-11(14)7-10)8-1-3-12(4-2-8)15(16)17/h1-7H. The molecule has 2 rings (SSSR count). The second-order valence-electron chi connectivity index (χ2n) is 3.46. The summed E-state index contributed by atoms with van der Waals surface area (Å²) < 4.78 is 0. The number of rotatable bonds is 2. The van der Waals surface area contributed by atoms with Crippen molar-refractivity contribution in [1.29, 1.82) is 0 Å². The third kappa shape index (κ3) is 2.75. The van der Waals surface area contributed by atoms with Crippen LogP contribution in [-0.4, -0.2) is 4.92 Å². The first-order valence-electron chi connectivity index (χ1n) is 4.77. The van der Waals surface area contributed by atoms with Crippen LogP contribution in [0.4, 0.5) is 5.69 Å². The van der Waals surface area contributed by atoms with Crippen molar-refractivity contribution in [3.63, 3.8) is 0 Å². The number of nitrogens with zero attached hydrogens (tertiary/aromatic N) is 1. The summed E-state index contributed by atoms with van der Waals surface area (Å²) in [6.45, 7) is 0. The Morgan fingerprint density at radius 3 is 1.88 bits per heavy atom. The summed E-state index contributed by atoms with van der Waals surface area (Å²) in [5, 5.41) is 11.6. The van der Waals surface area contributed by atoms with E-state index >= 15 is 0 Å². The van der Waals surface area contributed by atoms with Gasteiger partial charge in [0, 0.05) is 22.2 Å². The van der Waals surface area contributed by atoms with Gasteiger partial charge in [-0.15, -0.1) is 0 Å². The van der Waals surface area contributed by atoms with Crippen LogP contribution in [0.3, 0.4) is 0 Å². The third-order valence-corrected chi connectivity index (χ3v) is 2.71. The Hall–Kier alpha value is -1.58. The molecular formula is C12H7Cl2NO2. The topological polar surface area (TPSA) is 43.1 Å². The van der Waals surface area contributed by atoms with E-state index in [-0.39, 0.29) is 5.69 Å². The third-order valence-electron chi connectivity index (χ3n) is 2.27. The van der Waals surface area contributed by atoms with Crippen molar-refractivity contribution < 1.29 is 4.92 Å². The maximum absolute atomic E-state index is 10.5. The highest BCUT2D eigenvalue weighted by molar-refractivity contribution is 6.35. The first kappa shape index (κ1) is 11.9. The van der Waals surface area contributed by atoms with Gasteiger partial charge in [-0.3, -0.25) is 10.1 Å². The van der Waals surface area contributed by atoms with Crippen molar-refractivity contribution in [3.05, 3.63) is 62.6 Å². The molecule has 0 heterocycles. The van der Waals surface area contributed by atoms with E-state index in [1.807, 2.05) is 0 Å². The summed E-state index contributed by atoms with van der Waals surface area (Å²) in [6.07, 6.45) is 0. The van der Waals surface area contributed by atoms with Crippen LogP contribution in [0.5, 0.6) is 0 Å². The Balaban J connectivity index is 2.43. The predicted molar refractivity (Wildman–Crippen MR) is 68.6 cm³/mol. The first-order chi connectivity index (χ1) is 8.06. The van der Waals surface area contributed by atoms with Gasteiger partial charge >= 0.3 is 0 Å². The molecule has 0 aromatic heterocycles. The van der Waals surface area contributed by atoms with Gasteiger partial charge in [-0.25, -0.2) is 0 Å². The molecule has 0 aliphatic rings. The number of hydrogen-bond acceptors (Lipinski definition) is 2. The Bertz CT molecular complexity index is 547. The van der Waals surface area contributed by atoms with Gasteiger partial charge in [-0.05, 0) is 41.5 Å². The molecule has 0 spiro atoms. The van der Waals surface area contributed by atoms with Crippen LogP contribution in [0, 0.1) is 10.1 Å². The lowest BCUT2D eigenvalue weighted by molar-refractivity contribution is -0.384. The molecule has 5 heteroatoms. The van der Waals surface area contributed by atoms with Crippen LogP contribution in [0.15, 0.2) is 42.5 Å². The maximum Gasteiger partial charge on any atom is 0.269 e. The van der Waals surface area contributed by atoms with Crippen LogP contribution in [0.25, 0.3) is 11.1 Å². The van der Waals surface area contributed by atoms with Gasteiger partial charge in [0.1, 0.15) is 0 Å². The monoisotopic (exact) mass is 267 g/mol. The molecule has 0 amide bonds. The number of non-ortho nitro benzene ring substituents is 1. The molecule has 17 heavy (non-hydrogen) atoms. The first-order valence-corrected chi connectivity index (χ1v) is 5.53. The van der Waals surface area contributed by atoms with Gasteiger partial charge in [-0.1, -0.05) is 23.2 Å². The SMILES string of the molecule is O=[N+]([O-])c1ccc(-c2cc(Cl)cc(Cl)c2)cc1. The lowest BCUT2D eigenvalue weighted by Crippen LogP contribution is -1.87. The number of benzene rings is 2. The Kier molecular flexibility index (Phi) is 3.31. The summed E-state index contributed by atoms with van der Waals surface area (Å²) >= 11 is 11.8. The van der Waals surface area contributed by atoms with E-state index in [4.69, 9.17) is 23.2 Å². The Morgan fingerprint density at radius 1 is 0.882 bits per heavy atom. The van der Waals surface area contributed by atoms with Gasteiger partial charge < -0.3 is 0 Å². The van der Waals surface area contributed by atoms with E-state index in [0.717, 1.165) is 11.1 Å². The molecule has 0 aliphatic carbocycles. The molecular weight excluding hydrogens is 261 g/mol. The van der Waals surface area contributed by atoms with Gasteiger partial charge in [0.15, 0.2) is 0 Å². The molecule has 0 atom stereocenters. The summed E-state index contributed by atoms with van der Waals surface area (Å²) in [5.74, 6) is 0. The van der Waals surface area contributed by atoms with Crippen LogP contribution in [0.2, 0.25) is 10.0 Å². The average molecular weight is 268 g/mol.